The van der Waals surface area contributed by atoms with Crippen molar-refractivity contribution in [1.82, 2.24) is 4.98 Å². The van der Waals surface area contributed by atoms with Crippen LogP contribution in [0.15, 0.2) is 82.2 Å². The number of nitrogens with two attached hydrogens (primary N) is 1. The summed E-state index contributed by atoms with van der Waals surface area (Å²) in [7, 11) is 0. The highest BCUT2D eigenvalue weighted by Gasteiger charge is 2.27. The predicted octanol–water partition coefficient (Wildman–Crippen LogP) is 3.36. The van der Waals surface area contributed by atoms with Gasteiger partial charge in [0.15, 0.2) is 0 Å². The molecule has 0 radical (unpaired) electrons. The first kappa shape index (κ1) is 13.5. The molecular weight excluding hydrogens is 280 g/mol. The Kier molecular flexibility index (Phi) is 3.75. The zero-order valence-corrected chi connectivity index (χ0v) is 12.1. The molecule has 1 aromatic carbocycles. The number of anilines is 1. The van der Waals surface area contributed by atoms with Crippen molar-refractivity contribution in [2.24, 2.45) is 10.7 Å². The summed E-state index contributed by atoms with van der Waals surface area (Å²) < 4.78 is 0. The molecule has 4 nitrogen and oxygen atoms in total. The van der Waals surface area contributed by atoms with Gasteiger partial charge in [0, 0.05) is 23.6 Å². The van der Waals surface area contributed by atoms with Crippen molar-refractivity contribution >= 4 is 23.2 Å². The third-order valence-corrected chi connectivity index (χ3v) is 4.09. The summed E-state index contributed by atoms with van der Waals surface area (Å²) in [4.78, 5) is 9.58. The second kappa shape index (κ2) is 5.85. The van der Waals surface area contributed by atoms with Crippen LogP contribution in [0, 0.1) is 0 Å². The number of hydrogen-bond donors (Lipinski definition) is 2. The van der Waals surface area contributed by atoms with Gasteiger partial charge >= 0.3 is 0 Å². The molecule has 0 fully saturated rings. The number of aromatic nitrogens is 1. The van der Waals surface area contributed by atoms with Crippen LogP contribution >= 0.6 is 11.8 Å². The van der Waals surface area contributed by atoms with E-state index in [1.54, 1.807) is 6.20 Å². The normalized spacial score (nSPS) is 17.4. The van der Waals surface area contributed by atoms with E-state index < -0.39 is 0 Å². The molecular formula is C16H14N4S. The fourth-order valence-electron chi connectivity index (χ4n) is 2.06. The number of rotatable bonds is 3. The number of hydrogen-bond acceptors (Lipinski definition) is 5. The summed E-state index contributed by atoms with van der Waals surface area (Å²) in [6.45, 7) is 3.67. The third-order valence-electron chi connectivity index (χ3n) is 2.96. The Morgan fingerprint density at radius 3 is 2.81 bits per heavy atom. The third kappa shape index (κ3) is 2.68. The SMILES string of the molecule is C=C/N=C1\C(=C(/N)Nc2ccccc2)Sc2ncccc21. The molecule has 0 bridgehead atoms. The highest BCUT2D eigenvalue weighted by molar-refractivity contribution is 8.04. The van der Waals surface area contributed by atoms with Crippen LogP contribution < -0.4 is 11.1 Å². The fourth-order valence-corrected chi connectivity index (χ4v) is 3.06. The van der Waals surface area contributed by atoms with E-state index in [9.17, 15) is 0 Å². The molecule has 3 rings (SSSR count). The molecule has 0 saturated carbocycles. The van der Waals surface area contributed by atoms with Crippen molar-refractivity contribution in [3.8, 4) is 0 Å². The summed E-state index contributed by atoms with van der Waals surface area (Å²) in [6.07, 6.45) is 3.29. The Hall–Kier alpha value is -2.53. The van der Waals surface area contributed by atoms with Crippen LogP contribution in [0.5, 0.6) is 0 Å². The molecule has 2 aromatic rings. The highest BCUT2D eigenvalue weighted by atomic mass is 32.2. The van der Waals surface area contributed by atoms with Crippen LogP contribution in [0.4, 0.5) is 5.69 Å². The Morgan fingerprint density at radius 2 is 2.05 bits per heavy atom. The summed E-state index contributed by atoms with van der Waals surface area (Å²) in [5.41, 5.74) is 8.94. The number of benzene rings is 1. The van der Waals surface area contributed by atoms with Crippen molar-refractivity contribution in [3.05, 3.63) is 77.7 Å². The van der Waals surface area contributed by atoms with Gasteiger partial charge in [0.25, 0.3) is 0 Å². The number of thioether (sulfide) groups is 1. The number of nitrogens with one attached hydrogen (secondary N) is 1. The Bertz CT molecular complexity index is 735. The van der Waals surface area contributed by atoms with Gasteiger partial charge < -0.3 is 11.1 Å². The van der Waals surface area contributed by atoms with Gasteiger partial charge in [-0.3, -0.25) is 4.99 Å². The first-order chi connectivity index (χ1) is 10.3. The van der Waals surface area contributed by atoms with Gasteiger partial charge in [-0.15, -0.1) is 0 Å². The number of fused-ring (bicyclic) bond motifs is 1. The highest BCUT2D eigenvalue weighted by Crippen LogP contribution is 2.39. The molecule has 0 spiro atoms. The Morgan fingerprint density at radius 1 is 1.24 bits per heavy atom. The van der Waals surface area contributed by atoms with Gasteiger partial charge in [0.2, 0.25) is 0 Å². The van der Waals surface area contributed by atoms with E-state index in [-0.39, 0.29) is 0 Å². The van der Waals surface area contributed by atoms with E-state index in [0.717, 1.165) is 26.9 Å². The second-order valence-corrected chi connectivity index (χ2v) is 5.35. The average molecular weight is 294 g/mol. The second-order valence-electron chi connectivity index (χ2n) is 4.35. The number of nitrogens with zero attached hydrogens (tertiary/aromatic N) is 2. The van der Waals surface area contributed by atoms with Crippen LogP contribution in [0.2, 0.25) is 0 Å². The van der Waals surface area contributed by atoms with E-state index in [1.807, 2.05) is 42.5 Å². The molecule has 0 unspecified atom stereocenters. The van der Waals surface area contributed by atoms with Crippen LogP contribution in [0.1, 0.15) is 5.56 Å². The minimum atomic E-state index is 0.560. The van der Waals surface area contributed by atoms with Crippen LogP contribution in [0.25, 0.3) is 0 Å². The van der Waals surface area contributed by atoms with Gasteiger partial charge in [0.05, 0.1) is 10.6 Å². The first-order valence-corrected chi connectivity index (χ1v) is 7.25. The topological polar surface area (TPSA) is 63.3 Å². The van der Waals surface area contributed by atoms with Crippen molar-refractivity contribution in [2.75, 3.05) is 5.32 Å². The number of pyridine rings is 1. The fraction of sp³-hybridized carbons (Fsp3) is 0. The summed E-state index contributed by atoms with van der Waals surface area (Å²) in [6, 6.07) is 13.7. The van der Waals surface area contributed by atoms with Crippen molar-refractivity contribution < 1.29 is 0 Å². The molecule has 2 heterocycles. The maximum atomic E-state index is 6.22. The number of allylic oxidation sites excluding steroid dienone is 1. The summed E-state index contributed by atoms with van der Waals surface area (Å²) in [5.74, 6) is 0.560. The van der Waals surface area contributed by atoms with Crippen LogP contribution in [0.3, 0.4) is 0 Å². The van der Waals surface area contributed by atoms with E-state index >= 15 is 0 Å². The predicted molar refractivity (Wildman–Crippen MR) is 88.1 cm³/mol. The van der Waals surface area contributed by atoms with Crippen molar-refractivity contribution in [2.45, 2.75) is 5.03 Å². The molecule has 1 aromatic heterocycles. The maximum Gasteiger partial charge on any atom is 0.117 e. The molecule has 0 amide bonds. The largest absolute Gasteiger partial charge is 0.384 e. The first-order valence-electron chi connectivity index (χ1n) is 6.43. The van der Waals surface area contributed by atoms with Gasteiger partial charge in [-0.25, -0.2) is 4.98 Å². The van der Waals surface area contributed by atoms with E-state index in [2.05, 4.69) is 21.9 Å². The van der Waals surface area contributed by atoms with E-state index in [0.29, 0.717) is 5.82 Å². The molecule has 1 aliphatic rings. The lowest BCUT2D eigenvalue weighted by molar-refractivity contribution is 1.13. The monoisotopic (exact) mass is 294 g/mol. The molecule has 21 heavy (non-hydrogen) atoms. The van der Waals surface area contributed by atoms with Crippen molar-refractivity contribution in [1.29, 1.82) is 0 Å². The molecule has 5 heteroatoms. The summed E-state index contributed by atoms with van der Waals surface area (Å²) in [5, 5.41) is 4.11. The van der Waals surface area contributed by atoms with Crippen LogP contribution in [-0.2, 0) is 0 Å². The zero-order chi connectivity index (χ0) is 14.7. The Labute approximate surface area is 127 Å². The quantitative estimate of drug-likeness (QED) is 0.911. The lowest BCUT2D eigenvalue weighted by atomic mass is 10.1. The van der Waals surface area contributed by atoms with Gasteiger partial charge in [-0.1, -0.05) is 36.5 Å². The Balaban J connectivity index is 2.00. The molecule has 1 aliphatic heterocycles. The smallest absolute Gasteiger partial charge is 0.117 e. The van der Waals surface area contributed by atoms with Crippen LogP contribution in [-0.4, -0.2) is 10.7 Å². The molecule has 104 valence electrons. The molecule has 0 aliphatic carbocycles. The summed E-state index contributed by atoms with van der Waals surface area (Å²) >= 11 is 1.51. The number of aliphatic imine (C=N–C) groups is 1. The lowest BCUT2D eigenvalue weighted by Gasteiger charge is -2.09. The minimum Gasteiger partial charge on any atom is -0.384 e. The van der Waals surface area contributed by atoms with Gasteiger partial charge in [-0.2, -0.15) is 0 Å². The molecule has 0 saturated heterocycles. The maximum absolute atomic E-state index is 6.22. The minimum absolute atomic E-state index is 0.560. The van der Waals surface area contributed by atoms with E-state index in [4.69, 9.17) is 5.73 Å². The molecule has 3 N–H and O–H groups in total. The zero-order valence-electron chi connectivity index (χ0n) is 11.3. The number of para-hydroxylation sites is 1. The lowest BCUT2D eigenvalue weighted by Crippen LogP contribution is -2.14. The average Bonchev–Trinajstić information content (AvgIpc) is 2.88. The van der Waals surface area contributed by atoms with Gasteiger partial charge in [0.1, 0.15) is 10.8 Å². The molecule has 0 atom stereocenters. The van der Waals surface area contributed by atoms with Crippen molar-refractivity contribution in [3.63, 3.8) is 0 Å². The standard InChI is InChI=1S/C16H14N4S/c1-2-18-13-12-9-6-10-19-16(12)21-14(13)15(17)20-11-7-4-3-5-8-11/h2-10,20H,1,17H2/b15-14-,18-13-. The van der Waals surface area contributed by atoms with E-state index in [1.165, 1.54) is 18.0 Å². The van der Waals surface area contributed by atoms with Gasteiger partial charge in [-0.05, 0) is 24.3 Å².